The van der Waals surface area contributed by atoms with Gasteiger partial charge in [0.05, 0.1) is 0 Å². The van der Waals surface area contributed by atoms with Crippen molar-refractivity contribution in [2.24, 2.45) is 0 Å². The number of aryl methyl sites for hydroxylation is 2. The monoisotopic (exact) mass is 277 g/mol. The Bertz CT molecular complexity index is 794. The largest absolute Gasteiger partial charge is 0.373 e. The molecule has 0 amide bonds. The third-order valence-corrected chi connectivity index (χ3v) is 3.84. The number of nitrogens with one attached hydrogen (secondary N) is 1. The van der Waals surface area contributed by atoms with Crippen LogP contribution in [0.3, 0.4) is 0 Å². The average Bonchev–Trinajstić information content (AvgIpc) is 2.53. The zero-order valence-corrected chi connectivity index (χ0v) is 12.6. The second-order valence-electron chi connectivity index (χ2n) is 5.18. The van der Waals surface area contributed by atoms with Crippen LogP contribution in [0.1, 0.15) is 18.2 Å². The number of benzene rings is 1. The molecule has 3 heteroatoms. The zero-order chi connectivity index (χ0) is 14.8. The van der Waals surface area contributed by atoms with Gasteiger partial charge < -0.3 is 5.32 Å². The van der Waals surface area contributed by atoms with E-state index in [0.717, 1.165) is 23.3 Å². The molecule has 0 fully saturated rings. The summed E-state index contributed by atoms with van der Waals surface area (Å²) in [6.45, 7) is 4.29. The van der Waals surface area contributed by atoms with Crippen molar-refractivity contribution in [3.63, 3.8) is 0 Å². The molecule has 0 spiro atoms. The van der Waals surface area contributed by atoms with Crippen molar-refractivity contribution >= 4 is 16.6 Å². The van der Waals surface area contributed by atoms with E-state index in [-0.39, 0.29) is 0 Å². The van der Waals surface area contributed by atoms with Gasteiger partial charge in [0.2, 0.25) is 0 Å². The summed E-state index contributed by atoms with van der Waals surface area (Å²) in [6.07, 6.45) is 4.74. The Balaban J connectivity index is 2.18. The van der Waals surface area contributed by atoms with Crippen molar-refractivity contribution in [2.75, 3.05) is 12.4 Å². The molecule has 3 rings (SSSR count). The van der Waals surface area contributed by atoms with Crippen LogP contribution in [0, 0.1) is 6.92 Å². The summed E-state index contributed by atoms with van der Waals surface area (Å²) in [6, 6.07) is 10.7. The molecule has 0 aliphatic rings. The lowest BCUT2D eigenvalue weighted by molar-refractivity contribution is 1.03. The first-order valence-electron chi connectivity index (χ1n) is 7.25. The summed E-state index contributed by atoms with van der Waals surface area (Å²) < 4.78 is 0. The fourth-order valence-corrected chi connectivity index (χ4v) is 2.71. The molecule has 0 radical (unpaired) electrons. The lowest BCUT2D eigenvalue weighted by Gasteiger charge is -2.12. The summed E-state index contributed by atoms with van der Waals surface area (Å²) in [5, 5.41) is 5.41. The minimum atomic E-state index is 0.891. The highest BCUT2D eigenvalue weighted by atomic mass is 14.9. The molecule has 3 aromatic rings. The highest BCUT2D eigenvalue weighted by molar-refractivity contribution is 5.89. The molecule has 0 bridgehead atoms. The number of aromatic nitrogens is 2. The van der Waals surface area contributed by atoms with Gasteiger partial charge in [-0.3, -0.25) is 4.98 Å². The molecule has 0 aliphatic heterocycles. The lowest BCUT2D eigenvalue weighted by Crippen LogP contribution is -1.95. The highest BCUT2D eigenvalue weighted by Gasteiger charge is 2.09. The number of pyridine rings is 2. The Kier molecular flexibility index (Phi) is 3.57. The summed E-state index contributed by atoms with van der Waals surface area (Å²) in [5.41, 5.74) is 4.87. The number of nitrogens with zero attached hydrogens (tertiary/aromatic N) is 2. The van der Waals surface area contributed by atoms with Crippen LogP contribution in [0.15, 0.2) is 42.7 Å². The van der Waals surface area contributed by atoms with Crippen LogP contribution >= 0.6 is 0 Å². The molecule has 2 heterocycles. The minimum Gasteiger partial charge on any atom is -0.373 e. The van der Waals surface area contributed by atoms with Crippen LogP contribution < -0.4 is 5.32 Å². The van der Waals surface area contributed by atoms with Crippen LogP contribution in [0.25, 0.3) is 21.9 Å². The molecule has 1 N–H and O–H groups in total. The van der Waals surface area contributed by atoms with E-state index in [1.165, 1.54) is 22.1 Å². The maximum absolute atomic E-state index is 4.52. The van der Waals surface area contributed by atoms with E-state index in [1.54, 1.807) is 0 Å². The molecule has 0 unspecified atom stereocenters. The maximum Gasteiger partial charge on any atom is 0.126 e. The molecular weight excluding hydrogens is 258 g/mol. The van der Waals surface area contributed by atoms with E-state index < -0.39 is 0 Å². The van der Waals surface area contributed by atoms with E-state index in [9.17, 15) is 0 Å². The third-order valence-electron chi connectivity index (χ3n) is 3.84. The number of fused-ring (bicyclic) bond motifs is 1. The molecule has 2 aromatic heterocycles. The van der Waals surface area contributed by atoms with E-state index >= 15 is 0 Å². The van der Waals surface area contributed by atoms with Crippen molar-refractivity contribution in [2.45, 2.75) is 20.3 Å². The Morgan fingerprint density at radius 2 is 1.90 bits per heavy atom. The van der Waals surface area contributed by atoms with E-state index in [2.05, 4.69) is 59.5 Å². The van der Waals surface area contributed by atoms with Crippen LogP contribution in [0.5, 0.6) is 0 Å². The third kappa shape index (κ3) is 2.47. The van der Waals surface area contributed by atoms with Crippen molar-refractivity contribution in [1.82, 2.24) is 9.97 Å². The molecule has 3 nitrogen and oxygen atoms in total. The normalized spacial score (nSPS) is 10.8. The maximum atomic E-state index is 4.52. The van der Waals surface area contributed by atoms with Gasteiger partial charge >= 0.3 is 0 Å². The number of hydrogen-bond donors (Lipinski definition) is 1. The van der Waals surface area contributed by atoms with Gasteiger partial charge in [0.15, 0.2) is 0 Å². The van der Waals surface area contributed by atoms with Crippen LogP contribution in [-0.4, -0.2) is 17.0 Å². The zero-order valence-electron chi connectivity index (χ0n) is 12.6. The number of rotatable bonds is 3. The molecule has 1 aromatic carbocycles. The minimum absolute atomic E-state index is 0.891. The van der Waals surface area contributed by atoms with E-state index in [0.29, 0.717) is 0 Å². The van der Waals surface area contributed by atoms with Gasteiger partial charge in [-0.05, 0) is 48.1 Å². The fraction of sp³-hybridized carbons (Fsp3) is 0.222. The van der Waals surface area contributed by atoms with E-state index in [4.69, 9.17) is 0 Å². The van der Waals surface area contributed by atoms with Gasteiger partial charge in [0, 0.05) is 36.1 Å². The van der Waals surface area contributed by atoms with Gasteiger partial charge in [0.25, 0.3) is 0 Å². The first-order valence-corrected chi connectivity index (χ1v) is 7.25. The lowest BCUT2D eigenvalue weighted by atomic mass is 9.96. The summed E-state index contributed by atoms with van der Waals surface area (Å²) in [7, 11) is 1.88. The van der Waals surface area contributed by atoms with Gasteiger partial charge in [-0.25, -0.2) is 4.98 Å². The van der Waals surface area contributed by atoms with Gasteiger partial charge in [-0.1, -0.05) is 19.1 Å². The fourth-order valence-electron chi connectivity index (χ4n) is 2.71. The Morgan fingerprint density at radius 3 is 2.67 bits per heavy atom. The standard InChI is InChI=1S/C18H19N3/c1-4-16-18(12(2)7-8-20-16)14-6-5-13-10-17(19-3)21-11-15(13)9-14/h5-11H,4H2,1-3H3,(H,19,21). The predicted octanol–water partition coefficient (Wildman–Crippen LogP) is 4.21. The summed E-state index contributed by atoms with van der Waals surface area (Å²) >= 11 is 0. The van der Waals surface area contributed by atoms with Gasteiger partial charge in [-0.2, -0.15) is 0 Å². The van der Waals surface area contributed by atoms with Gasteiger partial charge in [-0.15, -0.1) is 0 Å². The summed E-state index contributed by atoms with van der Waals surface area (Å²) in [5.74, 6) is 0.891. The molecule has 21 heavy (non-hydrogen) atoms. The number of anilines is 1. The number of hydrogen-bond acceptors (Lipinski definition) is 3. The van der Waals surface area contributed by atoms with E-state index in [1.807, 2.05) is 19.4 Å². The van der Waals surface area contributed by atoms with Crippen molar-refractivity contribution in [3.05, 3.63) is 54.0 Å². The molecule has 0 aliphatic carbocycles. The van der Waals surface area contributed by atoms with Crippen LogP contribution in [-0.2, 0) is 6.42 Å². The second-order valence-corrected chi connectivity index (χ2v) is 5.18. The smallest absolute Gasteiger partial charge is 0.126 e. The average molecular weight is 277 g/mol. The summed E-state index contributed by atoms with van der Waals surface area (Å²) in [4.78, 5) is 8.91. The Hall–Kier alpha value is -2.42. The Morgan fingerprint density at radius 1 is 1.05 bits per heavy atom. The predicted molar refractivity (Wildman–Crippen MR) is 88.6 cm³/mol. The molecule has 106 valence electrons. The van der Waals surface area contributed by atoms with Gasteiger partial charge in [0.1, 0.15) is 5.82 Å². The highest BCUT2D eigenvalue weighted by Crippen LogP contribution is 2.29. The molecular formula is C18H19N3. The first-order chi connectivity index (χ1) is 10.2. The SMILES string of the molecule is CCc1nccc(C)c1-c1ccc2cc(NC)ncc2c1. The topological polar surface area (TPSA) is 37.8 Å². The van der Waals surface area contributed by atoms with Crippen molar-refractivity contribution in [3.8, 4) is 11.1 Å². The van der Waals surface area contributed by atoms with Crippen molar-refractivity contribution < 1.29 is 0 Å². The Labute approximate surface area is 125 Å². The quantitative estimate of drug-likeness (QED) is 0.779. The van der Waals surface area contributed by atoms with Crippen LogP contribution in [0.4, 0.5) is 5.82 Å². The molecule has 0 saturated heterocycles. The first kappa shape index (κ1) is 13.6. The second kappa shape index (κ2) is 5.52. The van der Waals surface area contributed by atoms with Crippen molar-refractivity contribution in [1.29, 1.82) is 0 Å². The molecule has 0 atom stereocenters. The van der Waals surface area contributed by atoms with Crippen LogP contribution in [0.2, 0.25) is 0 Å². The molecule has 0 saturated carbocycles.